The average molecular weight is 268 g/mol. The van der Waals surface area contributed by atoms with Crippen molar-refractivity contribution in [1.82, 2.24) is 24.8 Å². The van der Waals surface area contributed by atoms with Gasteiger partial charge in [0.1, 0.15) is 6.33 Å². The van der Waals surface area contributed by atoms with Gasteiger partial charge in [-0.2, -0.15) is 9.61 Å². The quantitative estimate of drug-likeness (QED) is 0.789. The molecule has 0 radical (unpaired) electrons. The third-order valence-corrected chi connectivity index (χ3v) is 3.14. The van der Waals surface area contributed by atoms with Crippen molar-refractivity contribution in [3.63, 3.8) is 0 Å². The number of aromatic nitrogens is 5. The molecule has 20 heavy (non-hydrogen) atoms. The molecule has 0 aliphatic carbocycles. The van der Waals surface area contributed by atoms with E-state index < -0.39 is 0 Å². The minimum Gasteiger partial charge on any atom is -0.374 e. The maximum atomic E-state index is 4.40. The summed E-state index contributed by atoms with van der Waals surface area (Å²) < 4.78 is 1.67. The van der Waals surface area contributed by atoms with E-state index in [1.54, 1.807) is 10.8 Å². The first-order valence-corrected chi connectivity index (χ1v) is 6.50. The number of nitrogens with zero attached hydrogens (tertiary/aromatic N) is 5. The van der Waals surface area contributed by atoms with Crippen molar-refractivity contribution in [1.29, 1.82) is 0 Å². The van der Waals surface area contributed by atoms with Crippen LogP contribution in [0.3, 0.4) is 0 Å². The van der Waals surface area contributed by atoms with E-state index in [0.717, 1.165) is 22.7 Å². The summed E-state index contributed by atoms with van der Waals surface area (Å²) in [6.45, 7) is 6.08. The lowest BCUT2D eigenvalue weighted by molar-refractivity contribution is 0.828. The third-order valence-electron chi connectivity index (χ3n) is 3.14. The van der Waals surface area contributed by atoms with Gasteiger partial charge in [-0.3, -0.25) is 4.98 Å². The van der Waals surface area contributed by atoms with Crippen LogP contribution in [0, 0.1) is 13.8 Å². The number of hydrogen-bond donors (Lipinski definition) is 1. The fourth-order valence-corrected chi connectivity index (χ4v) is 2.16. The van der Waals surface area contributed by atoms with Gasteiger partial charge in [0.25, 0.3) is 0 Å². The van der Waals surface area contributed by atoms with Crippen molar-refractivity contribution in [3.05, 3.63) is 47.7 Å². The molecule has 0 spiro atoms. The van der Waals surface area contributed by atoms with E-state index in [-0.39, 0.29) is 6.04 Å². The number of fused-ring (bicyclic) bond motifs is 1. The molecule has 3 aromatic rings. The Labute approximate surface area is 116 Å². The lowest BCUT2D eigenvalue weighted by Crippen LogP contribution is -2.10. The molecule has 0 bridgehead atoms. The summed E-state index contributed by atoms with van der Waals surface area (Å²) >= 11 is 0. The topological polar surface area (TPSA) is 68.0 Å². The zero-order valence-electron chi connectivity index (χ0n) is 11.7. The molecule has 1 atom stereocenters. The van der Waals surface area contributed by atoms with Gasteiger partial charge in [0.2, 0.25) is 5.65 Å². The van der Waals surface area contributed by atoms with Crippen LogP contribution in [0.4, 0.5) is 5.69 Å². The van der Waals surface area contributed by atoms with Crippen LogP contribution >= 0.6 is 0 Å². The van der Waals surface area contributed by atoms with E-state index in [2.05, 4.69) is 45.5 Å². The molecular weight excluding hydrogens is 252 g/mol. The van der Waals surface area contributed by atoms with Crippen molar-refractivity contribution in [2.45, 2.75) is 26.8 Å². The molecule has 1 unspecified atom stereocenters. The van der Waals surface area contributed by atoms with Crippen LogP contribution < -0.4 is 5.32 Å². The molecule has 3 heterocycles. The zero-order valence-corrected chi connectivity index (χ0v) is 11.7. The largest absolute Gasteiger partial charge is 0.374 e. The van der Waals surface area contributed by atoms with Gasteiger partial charge in [0.05, 0.1) is 23.1 Å². The van der Waals surface area contributed by atoms with Gasteiger partial charge in [-0.05, 0) is 44.5 Å². The first kappa shape index (κ1) is 12.5. The van der Waals surface area contributed by atoms with Gasteiger partial charge in [-0.15, -0.1) is 10.2 Å². The van der Waals surface area contributed by atoms with Gasteiger partial charge in [0, 0.05) is 6.20 Å². The van der Waals surface area contributed by atoms with E-state index in [1.165, 1.54) is 5.56 Å². The molecule has 0 saturated heterocycles. The summed E-state index contributed by atoms with van der Waals surface area (Å²) in [5.41, 5.74) is 4.73. The van der Waals surface area contributed by atoms with Gasteiger partial charge >= 0.3 is 0 Å². The zero-order chi connectivity index (χ0) is 14.1. The maximum absolute atomic E-state index is 4.40. The average Bonchev–Trinajstić information content (AvgIpc) is 2.86. The Kier molecular flexibility index (Phi) is 3.06. The number of rotatable bonds is 3. The van der Waals surface area contributed by atoms with Crippen molar-refractivity contribution in [2.24, 2.45) is 0 Å². The highest BCUT2D eigenvalue weighted by Crippen LogP contribution is 2.21. The SMILES string of the molecule is Cc1ccnc(C(C)Nc2cc(C)nn3cnnc23)c1. The van der Waals surface area contributed by atoms with Gasteiger partial charge in [-0.1, -0.05) is 0 Å². The van der Waals surface area contributed by atoms with Crippen LogP contribution in [-0.4, -0.2) is 24.8 Å². The molecule has 0 aliphatic rings. The van der Waals surface area contributed by atoms with Crippen LogP contribution in [0.2, 0.25) is 0 Å². The molecule has 0 aromatic carbocycles. The Balaban J connectivity index is 1.94. The number of hydrogen-bond acceptors (Lipinski definition) is 5. The number of aryl methyl sites for hydroxylation is 2. The summed E-state index contributed by atoms with van der Waals surface area (Å²) in [5.74, 6) is 0. The van der Waals surface area contributed by atoms with E-state index in [4.69, 9.17) is 0 Å². The van der Waals surface area contributed by atoms with E-state index in [9.17, 15) is 0 Å². The summed E-state index contributed by atoms with van der Waals surface area (Å²) in [5, 5.41) is 15.7. The van der Waals surface area contributed by atoms with Crippen molar-refractivity contribution >= 4 is 11.3 Å². The molecule has 6 nitrogen and oxygen atoms in total. The molecular formula is C14H16N6. The van der Waals surface area contributed by atoms with E-state index in [1.807, 2.05) is 25.3 Å². The lowest BCUT2D eigenvalue weighted by atomic mass is 10.1. The Morgan fingerprint density at radius 1 is 1.25 bits per heavy atom. The fourth-order valence-electron chi connectivity index (χ4n) is 2.16. The Bertz CT molecular complexity index is 748. The molecule has 0 saturated carbocycles. The third kappa shape index (κ3) is 2.32. The van der Waals surface area contributed by atoms with E-state index in [0.29, 0.717) is 0 Å². The number of pyridine rings is 1. The number of nitrogens with one attached hydrogen (secondary N) is 1. The lowest BCUT2D eigenvalue weighted by Gasteiger charge is -2.15. The predicted molar refractivity (Wildman–Crippen MR) is 76.5 cm³/mol. The molecule has 0 fully saturated rings. The molecule has 3 aromatic heterocycles. The van der Waals surface area contributed by atoms with Gasteiger partial charge in [0.15, 0.2) is 0 Å². The molecule has 0 aliphatic heterocycles. The highest BCUT2D eigenvalue weighted by Gasteiger charge is 2.11. The molecule has 1 N–H and O–H groups in total. The summed E-state index contributed by atoms with van der Waals surface area (Å²) in [4.78, 5) is 4.40. The maximum Gasteiger partial charge on any atom is 0.200 e. The molecule has 3 rings (SSSR count). The second-order valence-corrected chi connectivity index (χ2v) is 4.92. The van der Waals surface area contributed by atoms with Gasteiger partial charge < -0.3 is 5.32 Å². The molecule has 0 amide bonds. The summed E-state index contributed by atoms with van der Waals surface area (Å²) in [6.07, 6.45) is 3.43. The van der Waals surface area contributed by atoms with Crippen molar-refractivity contribution < 1.29 is 0 Å². The summed E-state index contributed by atoms with van der Waals surface area (Å²) in [6, 6.07) is 6.12. The highest BCUT2D eigenvalue weighted by atomic mass is 15.3. The van der Waals surface area contributed by atoms with E-state index >= 15 is 0 Å². The van der Waals surface area contributed by atoms with Crippen LogP contribution in [0.25, 0.3) is 5.65 Å². The smallest absolute Gasteiger partial charge is 0.200 e. The Hall–Kier alpha value is -2.50. The standard InChI is InChI=1S/C14H16N6/c1-9-4-5-15-12(6-9)11(3)17-13-7-10(2)19-20-8-16-18-14(13)20/h4-8,11,17H,1-3H3. The first-order valence-electron chi connectivity index (χ1n) is 6.50. The van der Waals surface area contributed by atoms with Crippen LogP contribution in [0.5, 0.6) is 0 Å². The number of anilines is 1. The second kappa shape index (κ2) is 4.88. The molecule has 6 heteroatoms. The van der Waals surface area contributed by atoms with Crippen LogP contribution in [0.15, 0.2) is 30.7 Å². The first-order chi connectivity index (χ1) is 9.63. The van der Waals surface area contributed by atoms with Crippen molar-refractivity contribution in [2.75, 3.05) is 5.32 Å². The monoisotopic (exact) mass is 268 g/mol. The van der Waals surface area contributed by atoms with Crippen molar-refractivity contribution in [3.8, 4) is 0 Å². The van der Waals surface area contributed by atoms with Gasteiger partial charge in [-0.25, -0.2) is 0 Å². The highest BCUT2D eigenvalue weighted by molar-refractivity contribution is 5.67. The molecule has 102 valence electrons. The fraction of sp³-hybridized carbons (Fsp3) is 0.286. The minimum atomic E-state index is 0.0807. The van der Waals surface area contributed by atoms with Crippen LogP contribution in [-0.2, 0) is 0 Å². The summed E-state index contributed by atoms with van der Waals surface area (Å²) in [7, 11) is 0. The second-order valence-electron chi connectivity index (χ2n) is 4.92. The Morgan fingerprint density at radius 3 is 2.90 bits per heavy atom. The Morgan fingerprint density at radius 2 is 2.10 bits per heavy atom. The minimum absolute atomic E-state index is 0.0807. The normalized spacial score (nSPS) is 12.6. The predicted octanol–water partition coefficient (Wildman–Crippen LogP) is 2.31. The van der Waals surface area contributed by atoms with Crippen LogP contribution in [0.1, 0.15) is 29.9 Å².